The molecule has 0 aliphatic carbocycles. The van der Waals surface area contributed by atoms with Crippen molar-refractivity contribution in [1.29, 1.82) is 0 Å². The van der Waals surface area contributed by atoms with Crippen LogP contribution in [-0.2, 0) is 0 Å². The lowest BCUT2D eigenvalue weighted by atomic mass is 10.2. The first kappa shape index (κ1) is 22.8. The van der Waals surface area contributed by atoms with Crippen LogP contribution in [0.5, 0.6) is 5.75 Å². The van der Waals surface area contributed by atoms with Crippen LogP contribution in [0, 0.1) is 0 Å². The van der Waals surface area contributed by atoms with E-state index in [4.69, 9.17) is 51.8 Å². The van der Waals surface area contributed by atoms with E-state index in [2.05, 4.69) is 15.6 Å². The van der Waals surface area contributed by atoms with E-state index in [1.165, 1.54) is 30.6 Å². The number of carbonyl (C=O) groups excluding carboxylic acids is 1. The van der Waals surface area contributed by atoms with Crippen molar-refractivity contribution in [2.45, 2.75) is 0 Å². The van der Waals surface area contributed by atoms with Gasteiger partial charge in [0.15, 0.2) is 5.11 Å². The molecule has 32 heavy (non-hydrogen) atoms. The summed E-state index contributed by atoms with van der Waals surface area (Å²) in [6.45, 7) is 0. The normalized spacial score (nSPS) is 10.8. The minimum atomic E-state index is -0.515. The predicted molar refractivity (Wildman–Crippen MR) is 137 cm³/mol. The molecule has 0 spiro atoms. The van der Waals surface area contributed by atoms with Crippen molar-refractivity contribution < 1.29 is 9.53 Å². The Labute approximate surface area is 208 Å². The number of carbonyl (C=O) groups is 1. The van der Waals surface area contributed by atoms with Crippen LogP contribution in [0.2, 0.25) is 15.1 Å². The number of hydrogen-bond acceptors (Lipinski definition) is 5. The number of thiocarbonyl (C=S) groups is 1. The molecule has 0 aliphatic heterocycles. The second-order valence-electron chi connectivity index (χ2n) is 6.55. The SMILES string of the molecule is COc1c(Cl)cc(Cl)cc1C(=O)NC(=S)Nc1ccc(Cl)cc1-c1nc2ccccc2s1. The quantitative estimate of drug-likeness (QED) is 0.281. The highest BCUT2D eigenvalue weighted by Gasteiger charge is 2.19. The molecule has 1 heterocycles. The lowest BCUT2D eigenvalue weighted by molar-refractivity contribution is 0.0975. The van der Waals surface area contributed by atoms with E-state index in [9.17, 15) is 4.79 Å². The Morgan fingerprint density at radius 1 is 1.06 bits per heavy atom. The van der Waals surface area contributed by atoms with Gasteiger partial charge >= 0.3 is 0 Å². The summed E-state index contributed by atoms with van der Waals surface area (Å²) in [6.07, 6.45) is 0. The van der Waals surface area contributed by atoms with Crippen molar-refractivity contribution >= 4 is 85.3 Å². The smallest absolute Gasteiger partial charge is 0.261 e. The maximum Gasteiger partial charge on any atom is 0.261 e. The highest BCUT2D eigenvalue weighted by molar-refractivity contribution is 7.80. The van der Waals surface area contributed by atoms with Crippen molar-refractivity contribution in [2.75, 3.05) is 12.4 Å². The van der Waals surface area contributed by atoms with E-state index >= 15 is 0 Å². The molecule has 0 unspecified atom stereocenters. The lowest BCUT2D eigenvalue weighted by Gasteiger charge is -2.14. The largest absolute Gasteiger partial charge is 0.494 e. The monoisotopic (exact) mass is 521 g/mol. The van der Waals surface area contributed by atoms with Crippen LogP contribution in [0.15, 0.2) is 54.6 Å². The number of anilines is 1. The summed E-state index contributed by atoms with van der Waals surface area (Å²) in [4.78, 5) is 17.5. The number of hydrogen-bond donors (Lipinski definition) is 2. The molecule has 3 aromatic carbocycles. The van der Waals surface area contributed by atoms with Crippen LogP contribution in [-0.4, -0.2) is 23.1 Å². The second kappa shape index (κ2) is 9.60. The molecule has 10 heteroatoms. The van der Waals surface area contributed by atoms with Crippen LogP contribution < -0.4 is 15.4 Å². The van der Waals surface area contributed by atoms with Gasteiger partial charge in [-0.1, -0.05) is 46.9 Å². The zero-order valence-corrected chi connectivity index (χ0v) is 20.3. The van der Waals surface area contributed by atoms with Gasteiger partial charge in [-0.25, -0.2) is 4.98 Å². The van der Waals surface area contributed by atoms with Crippen molar-refractivity contribution in [3.63, 3.8) is 0 Å². The Balaban J connectivity index is 1.60. The van der Waals surface area contributed by atoms with Gasteiger partial charge in [0.2, 0.25) is 0 Å². The molecule has 0 atom stereocenters. The van der Waals surface area contributed by atoms with Gasteiger partial charge in [-0.05, 0) is 54.7 Å². The van der Waals surface area contributed by atoms with E-state index in [1.54, 1.807) is 18.2 Å². The van der Waals surface area contributed by atoms with Gasteiger partial charge in [0, 0.05) is 15.6 Å². The van der Waals surface area contributed by atoms with E-state index in [1.807, 2.05) is 24.3 Å². The first-order valence-corrected chi connectivity index (χ1v) is 11.5. The average molecular weight is 523 g/mol. The number of amides is 1. The summed E-state index contributed by atoms with van der Waals surface area (Å²) >= 11 is 25.3. The molecular weight excluding hydrogens is 509 g/mol. The molecule has 4 aromatic rings. The Morgan fingerprint density at radius 2 is 1.84 bits per heavy atom. The van der Waals surface area contributed by atoms with Crippen LogP contribution >= 0.6 is 58.4 Å². The average Bonchev–Trinajstić information content (AvgIpc) is 3.18. The molecule has 0 aliphatic rings. The number of thiazole rings is 1. The van der Waals surface area contributed by atoms with Crippen LogP contribution in [0.1, 0.15) is 10.4 Å². The minimum absolute atomic E-state index is 0.0813. The molecule has 0 bridgehead atoms. The number of aromatic nitrogens is 1. The molecule has 5 nitrogen and oxygen atoms in total. The van der Waals surface area contributed by atoms with E-state index in [-0.39, 0.29) is 21.4 Å². The third-order valence-electron chi connectivity index (χ3n) is 4.44. The summed E-state index contributed by atoms with van der Waals surface area (Å²) in [5, 5.41) is 7.61. The molecule has 0 saturated carbocycles. The predicted octanol–water partition coefficient (Wildman–Crippen LogP) is 7.06. The topological polar surface area (TPSA) is 63.2 Å². The molecule has 1 amide bonds. The van der Waals surface area contributed by atoms with Gasteiger partial charge in [-0.15, -0.1) is 11.3 Å². The molecule has 0 radical (unpaired) electrons. The summed E-state index contributed by atoms with van der Waals surface area (Å²) in [5.74, 6) is -0.308. The molecule has 0 fully saturated rings. The maximum atomic E-state index is 12.8. The molecule has 1 aromatic heterocycles. The Bertz CT molecular complexity index is 1320. The Hall–Kier alpha value is -2.42. The van der Waals surface area contributed by atoms with E-state index < -0.39 is 5.91 Å². The number of nitrogens with one attached hydrogen (secondary N) is 2. The number of nitrogens with zero attached hydrogens (tertiary/aromatic N) is 1. The van der Waals surface area contributed by atoms with Gasteiger partial charge in [0.25, 0.3) is 5.91 Å². The van der Waals surface area contributed by atoms with Crippen molar-refractivity contribution in [1.82, 2.24) is 10.3 Å². The van der Waals surface area contributed by atoms with Gasteiger partial charge in [-0.2, -0.15) is 0 Å². The minimum Gasteiger partial charge on any atom is -0.494 e. The molecule has 162 valence electrons. The van der Waals surface area contributed by atoms with Gasteiger partial charge in [-0.3, -0.25) is 10.1 Å². The Morgan fingerprint density at radius 3 is 2.59 bits per heavy atom. The van der Waals surface area contributed by atoms with Crippen molar-refractivity contribution in [3.05, 3.63) is 75.2 Å². The fourth-order valence-corrected chi connectivity index (χ4v) is 4.99. The third kappa shape index (κ3) is 4.82. The third-order valence-corrected chi connectivity index (χ3v) is 6.45. The molecule has 2 N–H and O–H groups in total. The molecular formula is C22H14Cl3N3O2S2. The number of rotatable bonds is 4. The lowest BCUT2D eigenvalue weighted by Crippen LogP contribution is -2.34. The van der Waals surface area contributed by atoms with E-state index in [0.717, 1.165) is 20.8 Å². The summed E-state index contributed by atoms with van der Waals surface area (Å²) < 4.78 is 6.28. The molecule has 0 saturated heterocycles. The zero-order valence-electron chi connectivity index (χ0n) is 16.4. The number of ether oxygens (including phenoxy) is 1. The standard InChI is InChI=1S/C22H14Cl3N3O2S2/c1-30-19-14(9-12(24)10-15(19)25)20(29)28-22(31)27-16-7-6-11(23)8-13(16)21-26-17-4-2-3-5-18(17)32-21/h2-10H,1H3,(H2,27,28,29,31). The van der Waals surface area contributed by atoms with Gasteiger partial charge in [0.05, 0.1) is 33.6 Å². The number of benzene rings is 3. The fourth-order valence-electron chi connectivity index (χ4n) is 3.05. The number of methoxy groups -OCH3 is 1. The van der Waals surface area contributed by atoms with Gasteiger partial charge in [0.1, 0.15) is 10.8 Å². The first-order valence-electron chi connectivity index (χ1n) is 9.16. The number of fused-ring (bicyclic) bond motifs is 1. The highest BCUT2D eigenvalue weighted by atomic mass is 35.5. The van der Waals surface area contributed by atoms with Crippen molar-refractivity contribution in [3.8, 4) is 16.3 Å². The first-order chi connectivity index (χ1) is 15.4. The summed E-state index contributed by atoms with van der Waals surface area (Å²) in [6, 6.07) is 16.1. The second-order valence-corrected chi connectivity index (χ2v) is 9.27. The zero-order chi connectivity index (χ0) is 22.8. The maximum absolute atomic E-state index is 12.8. The molecule has 4 rings (SSSR count). The summed E-state index contributed by atoms with van der Waals surface area (Å²) in [5.41, 5.74) is 2.46. The van der Waals surface area contributed by atoms with E-state index in [0.29, 0.717) is 15.7 Å². The van der Waals surface area contributed by atoms with Crippen LogP contribution in [0.25, 0.3) is 20.8 Å². The number of halogens is 3. The van der Waals surface area contributed by atoms with Gasteiger partial charge < -0.3 is 10.1 Å². The van der Waals surface area contributed by atoms with Crippen molar-refractivity contribution in [2.24, 2.45) is 0 Å². The Kier molecular flexibility index (Phi) is 6.83. The fraction of sp³-hybridized carbons (Fsp3) is 0.0455. The number of para-hydroxylation sites is 1. The highest BCUT2D eigenvalue weighted by Crippen LogP contribution is 2.36. The van der Waals surface area contributed by atoms with Crippen LogP contribution in [0.3, 0.4) is 0 Å². The summed E-state index contributed by atoms with van der Waals surface area (Å²) in [7, 11) is 1.42. The van der Waals surface area contributed by atoms with Crippen LogP contribution in [0.4, 0.5) is 5.69 Å².